The number of rotatable bonds is 6. The van der Waals surface area contributed by atoms with E-state index in [2.05, 4.69) is 5.32 Å². The van der Waals surface area contributed by atoms with Crippen LogP contribution in [0.1, 0.15) is 26.7 Å². The van der Waals surface area contributed by atoms with Crippen molar-refractivity contribution < 1.29 is 19.5 Å². The predicted molar refractivity (Wildman–Crippen MR) is 64.8 cm³/mol. The molecule has 102 valence electrons. The summed E-state index contributed by atoms with van der Waals surface area (Å²) in [6.45, 7) is 4.91. The van der Waals surface area contributed by atoms with Crippen molar-refractivity contribution in [2.24, 2.45) is 11.8 Å². The summed E-state index contributed by atoms with van der Waals surface area (Å²) < 4.78 is 0. The van der Waals surface area contributed by atoms with E-state index in [0.29, 0.717) is 26.1 Å². The van der Waals surface area contributed by atoms with Crippen molar-refractivity contribution in [3.63, 3.8) is 0 Å². The molecule has 1 aliphatic rings. The third kappa shape index (κ3) is 3.72. The van der Waals surface area contributed by atoms with E-state index >= 15 is 0 Å². The Kier molecular flexibility index (Phi) is 5.12. The lowest BCUT2D eigenvalue weighted by Gasteiger charge is -2.14. The fourth-order valence-corrected chi connectivity index (χ4v) is 1.93. The van der Waals surface area contributed by atoms with Crippen LogP contribution in [0.4, 0.5) is 0 Å². The van der Waals surface area contributed by atoms with Gasteiger partial charge in [-0.25, -0.2) is 0 Å². The van der Waals surface area contributed by atoms with Crippen molar-refractivity contribution in [1.82, 2.24) is 10.2 Å². The van der Waals surface area contributed by atoms with Crippen LogP contribution in [0, 0.1) is 11.8 Å². The van der Waals surface area contributed by atoms with Crippen LogP contribution in [0.15, 0.2) is 0 Å². The van der Waals surface area contributed by atoms with Crippen LogP contribution in [0.2, 0.25) is 0 Å². The molecule has 0 aromatic heterocycles. The smallest absolute Gasteiger partial charge is 0.306 e. The average molecular weight is 256 g/mol. The number of aliphatic carboxylic acids is 1. The van der Waals surface area contributed by atoms with Gasteiger partial charge in [-0.2, -0.15) is 0 Å². The molecule has 0 bridgehead atoms. The lowest BCUT2D eigenvalue weighted by molar-refractivity contribution is -0.141. The second-order valence-corrected chi connectivity index (χ2v) is 4.65. The van der Waals surface area contributed by atoms with E-state index in [1.165, 1.54) is 0 Å². The number of likely N-dealkylation sites (tertiary alicyclic amines) is 1. The van der Waals surface area contributed by atoms with Crippen molar-refractivity contribution in [3.05, 3.63) is 0 Å². The van der Waals surface area contributed by atoms with Gasteiger partial charge in [0.1, 0.15) is 0 Å². The van der Waals surface area contributed by atoms with Gasteiger partial charge in [0.2, 0.25) is 11.8 Å². The Labute approximate surface area is 106 Å². The maximum absolute atomic E-state index is 11.8. The molecule has 2 N–H and O–H groups in total. The van der Waals surface area contributed by atoms with Gasteiger partial charge in [0.05, 0.1) is 11.8 Å². The highest BCUT2D eigenvalue weighted by molar-refractivity contribution is 5.89. The molecule has 0 aromatic carbocycles. The summed E-state index contributed by atoms with van der Waals surface area (Å²) in [6.07, 6.45) is 0.660. The van der Waals surface area contributed by atoms with Gasteiger partial charge >= 0.3 is 5.97 Å². The van der Waals surface area contributed by atoms with Gasteiger partial charge in [0, 0.05) is 26.1 Å². The second-order valence-electron chi connectivity index (χ2n) is 4.65. The summed E-state index contributed by atoms with van der Waals surface area (Å²) in [6, 6.07) is 0. The highest BCUT2D eigenvalue weighted by Gasteiger charge is 2.33. The number of nitrogens with zero attached hydrogens (tertiary/aromatic N) is 1. The van der Waals surface area contributed by atoms with E-state index in [4.69, 9.17) is 5.11 Å². The van der Waals surface area contributed by atoms with Crippen LogP contribution in [-0.4, -0.2) is 47.4 Å². The highest BCUT2D eigenvalue weighted by Crippen LogP contribution is 2.17. The number of carbonyl (C=O) groups excluding carboxylic acids is 2. The molecule has 1 fully saturated rings. The zero-order chi connectivity index (χ0) is 13.7. The molecule has 1 heterocycles. The molecule has 1 aliphatic heterocycles. The highest BCUT2D eigenvalue weighted by atomic mass is 16.4. The molecular weight excluding hydrogens is 236 g/mol. The Morgan fingerprint density at radius 1 is 1.56 bits per heavy atom. The van der Waals surface area contributed by atoms with E-state index < -0.39 is 11.9 Å². The van der Waals surface area contributed by atoms with E-state index in [9.17, 15) is 14.4 Å². The molecule has 18 heavy (non-hydrogen) atoms. The minimum Gasteiger partial charge on any atom is -0.481 e. The minimum atomic E-state index is -0.863. The van der Waals surface area contributed by atoms with Crippen molar-refractivity contribution in [1.29, 1.82) is 0 Å². The maximum atomic E-state index is 11.8. The Hall–Kier alpha value is -1.59. The zero-order valence-corrected chi connectivity index (χ0v) is 10.8. The first-order chi connectivity index (χ1) is 8.45. The molecule has 0 radical (unpaired) electrons. The van der Waals surface area contributed by atoms with Gasteiger partial charge in [-0.1, -0.05) is 6.92 Å². The molecule has 0 saturated carbocycles. The lowest BCUT2D eigenvalue weighted by atomic mass is 10.1. The Morgan fingerprint density at radius 3 is 2.72 bits per heavy atom. The van der Waals surface area contributed by atoms with E-state index in [0.717, 1.165) is 0 Å². The molecule has 0 spiro atoms. The molecule has 2 amide bonds. The van der Waals surface area contributed by atoms with E-state index in [1.807, 2.05) is 6.92 Å². The maximum Gasteiger partial charge on any atom is 0.306 e. The molecule has 1 rings (SSSR count). The van der Waals surface area contributed by atoms with Gasteiger partial charge in [0.15, 0.2) is 0 Å². The third-order valence-corrected chi connectivity index (χ3v) is 3.27. The number of carboxylic acid groups (broad SMARTS) is 1. The molecule has 6 nitrogen and oxygen atoms in total. The first kappa shape index (κ1) is 14.5. The molecule has 0 aromatic rings. The fraction of sp³-hybridized carbons (Fsp3) is 0.750. The van der Waals surface area contributed by atoms with Crippen LogP contribution in [0.25, 0.3) is 0 Å². The second kappa shape index (κ2) is 6.37. The largest absolute Gasteiger partial charge is 0.481 e. The van der Waals surface area contributed by atoms with Crippen molar-refractivity contribution >= 4 is 17.8 Å². The average Bonchev–Trinajstić information content (AvgIpc) is 2.70. The van der Waals surface area contributed by atoms with Gasteiger partial charge in [-0.05, 0) is 13.3 Å². The number of nitrogens with one attached hydrogen (secondary N) is 1. The summed E-state index contributed by atoms with van der Waals surface area (Å²) >= 11 is 0. The number of amides is 2. The first-order valence-electron chi connectivity index (χ1n) is 6.24. The fourth-order valence-electron chi connectivity index (χ4n) is 1.93. The topological polar surface area (TPSA) is 86.7 Å². The summed E-state index contributed by atoms with van der Waals surface area (Å²) in [5.74, 6) is -1.77. The van der Waals surface area contributed by atoms with Crippen LogP contribution < -0.4 is 5.32 Å². The number of hydrogen-bond donors (Lipinski definition) is 2. The Balaban J connectivity index is 2.30. The number of carboxylic acids is 1. The molecule has 0 aliphatic carbocycles. The standard InChI is InChI=1S/C12H20N2O4/c1-3-14-7-9(6-10(14)15)11(16)13-5-4-8(2)12(17)18/h8-9H,3-7H2,1-2H3,(H,13,16)(H,17,18). The van der Waals surface area contributed by atoms with E-state index in [1.54, 1.807) is 11.8 Å². The Morgan fingerprint density at radius 2 is 2.22 bits per heavy atom. The Bertz CT molecular complexity index is 343. The molecular formula is C12H20N2O4. The van der Waals surface area contributed by atoms with Crippen LogP contribution in [-0.2, 0) is 14.4 Å². The quantitative estimate of drug-likeness (QED) is 0.704. The first-order valence-corrected chi connectivity index (χ1v) is 6.24. The SMILES string of the molecule is CCN1CC(C(=O)NCCC(C)C(=O)O)CC1=O. The zero-order valence-electron chi connectivity index (χ0n) is 10.8. The van der Waals surface area contributed by atoms with Gasteiger partial charge in [0.25, 0.3) is 0 Å². The predicted octanol–water partition coefficient (Wildman–Crippen LogP) is 0.0818. The molecule has 2 unspecified atom stereocenters. The van der Waals surface area contributed by atoms with Gasteiger partial charge in [-0.3, -0.25) is 14.4 Å². The summed E-state index contributed by atoms with van der Waals surface area (Å²) in [4.78, 5) is 35.5. The van der Waals surface area contributed by atoms with Crippen LogP contribution >= 0.6 is 0 Å². The molecule has 2 atom stereocenters. The van der Waals surface area contributed by atoms with Crippen LogP contribution in [0.5, 0.6) is 0 Å². The van der Waals surface area contributed by atoms with Crippen LogP contribution in [0.3, 0.4) is 0 Å². The summed E-state index contributed by atoms with van der Waals surface area (Å²) in [7, 11) is 0. The normalized spacial score (nSPS) is 20.9. The van der Waals surface area contributed by atoms with Crippen molar-refractivity contribution in [2.75, 3.05) is 19.6 Å². The van der Waals surface area contributed by atoms with Crippen molar-refractivity contribution in [3.8, 4) is 0 Å². The summed E-state index contributed by atoms with van der Waals surface area (Å²) in [5, 5.41) is 11.4. The summed E-state index contributed by atoms with van der Waals surface area (Å²) in [5.41, 5.74) is 0. The monoisotopic (exact) mass is 256 g/mol. The van der Waals surface area contributed by atoms with Gasteiger partial charge in [-0.15, -0.1) is 0 Å². The number of hydrogen-bond acceptors (Lipinski definition) is 3. The van der Waals surface area contributed by atoms with Crippen molar-refractivity contribution in [2.45, 2.75) is 26.7 Å². The van der Waals surface area contributed by atoms with E-state index in [-0.39, 0.29) is 24.2 Å². The molecule has 1 saturated heterocycles. The van der Waals surface area contributed by atoms with Gasteiger partial charge < -0.3 is 15.3 Å². The number of carbonyl (C=O) groups is 3. The third-order valence-electron chi connectivity index (χ3n) is 3.27. The molecule has 6 heteroatoms. The lowest BCUT2D eigenvalue weighted by Crippen LogP contribution is -2.34. The minimum absolute atomic E-state index is 0.0107.